The molecule has 0 N–H and O–H groups in total. The highest BCUT2D eigenvalue weighted by Crippen LogP contribution is 2.61. The molecule has 0 aromatic carbocycles. The lowest BCUT2D eigenvalue weighted by molar-refractivity contribution is -0.145. The van der Waals surface area contributed by atoms with Gasteiger partial charge in [0.2, 0.25) is 0 Å². The zero-order chi connectivity index (χ0) is 16.2. The Morgan fingerprint density at radius 2 is 1.95 bits per heavy atom. The average Bonchev–Trinajstić information content (AvgIpc) is 3.06. The summed E-state index contributed by atoms with van der Waals surface area (Å²) in [5.74, 6) is 0.0820. The summed E-state index contributed by atoms with van der Waals surface area (Å²) in [5.41, 5.74) is 0.805. The van der Waals surface area contributed by atoms with E-state index >= 15 is 0 Å². The van der Waals surface area contributed by atoms with E-state index in [4.69, 9.17) is 14.0 Å². The van der Waals surface area contributed by atoms with E-state index in [1.165, 1.54) is 5.47 Å². The first-order valence-corrected chi connectivity index (χ1v) is 8.42. The van der Waals surface area contributed by atoms with Gasteiger partial charge in [-0.05, 0) is 71.2 Å². The Morgan fingerprint density at radius 1 is 1.32 bits per heavy atom. The van der Waals surface area contributed by atoms with Crippen LogP contribution >= 0.6 is 0 Å². The Labute approximate surface area is 133 Å². The van der Waals surface area contributed by atoms with Gasteiger partial charge in [-0.1, -0.05) is 6.08 Å². The highest BCUT2D eigenvalue weighted by atomic mass is 16.7. The predicted octanol–water partition coefficient (Wildman–Crippen LogP) is 3.30. The minimum absolute atomic E-state index is 0.0185. The van der Waals surface area contributed by atoms with E-state index in [1.54, 1.807) is 0 Å². The summed E-state index contributed by atoms with van der Waals surface area (Å²) in [6.45, 7) is 10.7. The number of carbonyl (C=O) groups is 1. The van der Waals surface area contributed by atoms with Crippen LogP contribution in [0.1, 0.15) is 60.3 Å². The van der Waals surface area contributed by atoms with Crippen LogP contribution in [0.5, 0.6) is 0 Å². The van der Waals surface area contributed by atoms with E-state index in [0.717, 1.165) is 25.7 Å². The SMILES string of the molecule is CCOC(=O)C1C[C@@]12CC=C(B1OC(C)(C)C(C)(C)O1)CC2. The van der Waals surface area contributed by atoms with Gasteiger partial charge in [-0.15, -0.1) is 0 Å². The summed E-state index contributed by atoms with van der Waals surface area (Å²) in [5, 5.41) is 0. The molecule has 122 valence electrons. The first kappa shape index (κ1) is 16.1. The molecule has 0 radical (unpaired) electrons. The molecule has 2 aliphatic carbocycles. The molecule has 22 heavy (non-hydrogen) atoms. The number of hydrogen-bond donors (Lipinski definition) is 0. The number of rotatable bonds is 3. The molecule has 2 fully saturated rings. The molecule has 1 aliphatic heterocycles. The molecule has 5 heteroatoms. The third kappa shape index (κ3) is 2.52. The Morgan fingerprint density at radius 3 is 2.45 bits per heavy atom. The zero-order valence-electron chi connectivity index (χ0n) is 14.4. The third-order valence-corrected chi connectivity index (χ3v) is 6.00. The molecule has 0 bridgehead atoms. The molecule has 1 saturated carbocycles. The quantitative estimate of drug-likeness (QED) is 0.593. The maximum Gasteiger partial charge on any atom is 0.490 e. The second-order valence-corrected chi connectivity index (χ2v) is 7.94. The van der Waals surface area contributed by atoms with Gasteiger partial charge in [0, 0.05) is 0 Å². The zero-order valence-corrected chi connectivity index (χ0v) is 14.4. The number of hydrogen-bond acceptors (Lipinski definition) is 4. The van der Waals surface area contributed by atoms with Crippen molar-refractivity contribution in [2.45, 2.75) is 71.5 Å². The lowest BCUT2D eigenvalue weighted by Crippen LogP contribution is -2.41. The van der Waals surface area contributed by atoms with Crippen LogP contribution in [0.4, 0.5) is 0 Å². The minimum atomic E-state index is -0.291. The monoisotopic (exact) mass is 306 g/mol. The fourth-order valence-electron chi connectivity index (χ4n) is 3.57. The minimum Gasteiger partial charge on any atom is -0.466 e. The topological polar surface area (TPSA) is 44.8 Å². The Bertz CT molecular complexity index is 495. The molecule has 2 atom stereocenters. The summed E-state index contributed by atoms with van der Waals surface area (Å²) in [4.78, 5) is 11.9. The van der Waals surface area contributed by atoms with E-state index < -0.39 is 0 Å². The summed E-state index contributed by atoms with van der Waals surface area (Å²) < 4.78 is 17.4. The van der Waals surface area contributed by atoms with Crippen LogP contribution in [-0.2, 0) is 18.8 Å². The van der Waals surface area contributed by atoms with Gasteiger partial charge in [-0.2, -0.15) is 0 Å². The van der Waals surface area contributed by atoms with E-state index in [9.17, 15) is 4.79 Å². The molecule has 1 heterocycles. The van der Waals surface area contributed by atoms with Crippen molar-refractivity contribution in [3.63, 3.8) is 0 Å². The summed E-state index contributed by atoms with van der Waals surface area (Å²) in [7, 11) is -0.234. The van der Waals surface area contributed by atoms with E-state index in [2.05, 4.69) is 33.8 Å². The summed E-state index contributed by atoms with van der Waals surface area (Å²) in [6.07, 6.45) is 6.14. The van der Waals surface area contributed by atoms with Crippen LogP contribution in [0.3, 0.4) is 0 Å². The van der Waals surface area contributed by atoms with Crippen LogP contribution in [0.25, 0.3) is 0 Å². The fraction of sp³-hybridized carbons (Fsp3) is 0.824. The maximum atomic E-state index is 11.9. The lowest BCUT2D eigenvalue weighted by atomic mass is 9.69. The molecule has 0 aromatic heterocycles. The van der Waals surface area contributed by atoms with Gasteiger partial charge < -0.3 is 14.0 Å². The van der Waals surface area contributed by atoms with Crippen molar-refractivity contribution in [3.8, 4) is 0 Å². The molecule has 1 unspecified atom stereocenters. The van der Waals surface area contributed by atoms with Gasteiger partial charge in [0.1, 0.15) is 0 Å². The second kappa shape index (κ2) is 5.10. The van der Waals surface area contributed by atoms with Crippen molar-refractivity contribution in [3.05, 3.63) is 11.5 Å². The van der Waals surface area contributed by atoms with Crippen molar-refractivity contribution in [1.29, 1.82) is 0 Å². The van der Waals surface area contributed by atoms with E-state index in [0.29, 0.717) is 6.61 Å². The smallest absolute Gasteiger partial charge is 0.466 e. The van der Waals surface area contributed by atoms with Gasteiger partial charge in [0.25, 0.3) is 0 Å². The number of allylic oxidation sites excluding steroid dienone is 2. The molecule has 3 rings (SSSR count). The predicted molar refractivity (Wildman–Crippen MR) is 85.2 cm³/mol. The first-order chi connectivity index (χ1) is 10.2. The van der Waals surface area contributed by atoms with Crippen molar-refractivity contribution >= 4 is 13.1 Å². The summed E-state index contributed by atoms with van der Waals surface area (Å²) in [6, 6.07) is 0. The largest absolute Gasteiger partial charge is 0.490 e. The molecule has 1 spiro atoms. The first-order valence-electron chi connectivity index (χ1n) is 8.42. The van der Waals surface area contributed by atoms with Gasteiger partial charge in [-0.25, -0.2) is 0 Å². The van der Waals surface area contributed by atoms with Crippen molar-refractivity contribution in [1.82, 2.24) is 0 Å². The van der Waals surface area contributed by atoms with Crippen LogP contribution in [0.2, 0.25) is 0 Å². The van der Waals surface area contributed by atoms with Crippen molar-refractivity contribution < 1.29 is 18.8 Å². The molecule has 0 aromatic rings. The number of carbonyl (C=O) groups excluding carboxylic acids is 1. The van der Waals surface area contributed by atoms with Gasteiger partial charge in [0.05, 0.1) is 23.7 Å². The van der Waals surface area contributed by atoms with Crippen molar-refractivity contribution in [2.75, 3.05) is 6.61 Å². The van der Waals surface area contributed by atoms with Crippen LogP contribution in [0.15, 0.2) is 11.5 Å². The number of esters is 1. The average molecular weight is 306 g/mol. The highest BCUT2D eigenvalue weighted by molar-refractivity contribution is 6.54. The molecule has 4 nitrogen and oxygen atoms in total. The Balaban J connectivity index is 1.63. The van der Waals surface area contributed by atoms with Crippen molar-refractivity contribution in [2.24, 2.45) is 11.3 Å². The Kier molecular flexibility index (Phi) is 3.72. The van der Waals surface area contributed by atoms with E-state index in [-0.39, 0.29) is 35.6 Å². The molecule has 3 aliphatic rings. The maximum absolute atomic E-state index is 11.9. The lowest BCUT2D eigenvalue weighted by Gasteiger charge is -2.32. The third-order valence-electron chi connectivity index (χ3n) is 6.00. The van der Waals surface area contributed by atoms with Gasteiger partial charge in [-0.3, -0.25) is 4.79 Å². The molecule has 0 amide bonds. The normalized spacial score (nSPS) is 35.4. The van der Waals surface area contributed by atoms with E-state index in [1.807, 2.05) is 6.92 Å². The Hall–Kier alpha value is -0.805. The molecule has 1 saturated heterocycles. The standard InChI is InChI=1S/C17H27BO4/c1-6-20-14(19)13-11-17(13)9-7-12(8-10-17)18-21-15(2,3)16(4,5)22-18/h7,13H,6,8-11H2,1-5H3/t13?,17-/m0/s1. The summed E-state index contributed by atoms with van der Waals surface area (Å²) >= 11 is 0. The molecular weight excluding hydrogens is 279 g/mol. The van der Waals surface area contributed by atoms with Crippen LogP contribution in [0, 0.1) is 11.3 Å². The fourth-order valence-corrected chi connectivity index (χ4v) is 3.57. The van der Waals surface area contributed by atoms with Gasteiger partial charge >= 0.3 is 13.1 Å². The highest BCUT2D eigenvalue weighted by Gasteiger charge is 2.60. The van der Waals surface area contributed by atoms with Crippen LogP contribution in [-0.4, -0.2) is 30.9 Å². The van der Waals surface area contributed by atoms with Gasteiger partial charge in [0.15, 0.2) is 0 Å². The second-order valence-electron chi connectivity index (χ2n) is 7.94. The molecular formula is C17H27BO4. The number of ether oxygens (including phenoxy) is 1. The van der Waals surface area contributed by atoms with Crippen LogP contribution < -0.4 is 0 Å².